The molecule has 0 spiro atoms. The van der Waals surface area contributed by atoms with Crippen LogP contribution in [0.15, 0.2) is 30.3 Å². The average molecular weight is 268 g/mol. The van der Waals surface area contributed by atoms with Crippen molar-refractivity contribution in [3.63, 3.8) is 0 Å². The molecular formula is C13H16O4S. The van der Waals surface area contributed by atoms with Crippen LogP contribution in [-0.4, -0.2) is 39.9 Å². The standard InChI is InChI=1S/C13H16O4S/c1-4-17-13(15)12(18(2,3)16)11(14)10-8-6-5-7-9-10/h5-9H,4H2,1-3H3. The van der Waals surface area contributed by atoms with Crippen LogP contribution in [0.4, 0.5) is 0 Å². The number of ether oxygens (including phenoxy) is 1. The van der Waals surface area contributed by atoms with Gasteiger partial charge in [-0.15, -0.1) is 0 Å². The molecule has 0 aromatic heterocycles. The van der Waals surface area contributed by atoms with Crippen LogP contribution in [0.5, 0.6) is 0 Å². The van der Waals surface area contributed by atoms with Crippen molar-refractivity contribution in [1.82, 2.24) is 0 Å². The van der Waals surface area contributed by atoms with E-state index in [9.17, 15) is 13.8 Å². The largest absolute Gasteiger partial charge is 0.462 e. The van der Waals surface area contributed by atoms with Crippen LogP contribution in [0, 0.1) is 0 Å². The molecule has 0 saturated heterocycles. The number of benzene rings is 1. The van der Waals surface area contributed by atoms with Gasteiger partial charge in [-0.3, -0.25) is 9.00 Å². The summed E-state index contributed by atoms with van der Waals surface area (Å²) in [7, 11) is -2.69. The molecule has 18 heavy (non-hydrogen) atoms. The molecule has 0 aliphatic rings. The fraction of sp³-hybridized carbons (Fsp3) is 0.308. The summed E-state index contributed by atoms with van der Waals surface area (Å²) >= 11 is 0. The van der Waals surface area contributed by atoms with Gasteiger partial charge in [0.05, 0.1) is 6.61 Å². The highest BCUT2D eigenvalue weighted by atomic mass is 32.2. The van der Waals surface area contributed by atoms with E-state index >= 15 is 0 Å². The number of esters is 1. The summed E-state index contributed by atoms with van der Waals surface area (Å²) in [5, 5.41) is 0. The molecule has 4 nitrogen and oxygen atoms in total. The van der Waals surface area contributed by atoms with Crippen LogP contribution >= 0.6 is 0 Å². The van der Waals surface area contributed by atoms with E-state index in [0.29, 0.717) is 5.56 Å². The number of carbonyl (C=O) groups is 2. The maximum Gasteiger partial charge on any atom is 0.350 e. The van der Waals surface area contributed by atoms with Gasteiger partial charge >= 0.3 is 5.97 Å². The Hall–Kier alpha value is -1.62. The second-order valence-corrected chi connectivity index (χ2v) is 6.85. The third kappa shape index (κ3) is 3.43. The number of Topliss-reactive ketones (excluding diaryl/α,β-unsaturated/α-hetero) is 1. The monoisotopic (exact) mass is 268 g/mol. The molecule has 0 saturated carbocycles. The van der Waals surface area contributed by atoms with Crippen LogP contribution in [0.3, 0.4) is 0 Å². The van der Waals surface area contributed by atoms with Gasteiger partial charge in [-0.2, -0.15) is 0 Å². The number of hydrogen-bond donors (Lipinski definition) is 0. The van der Waals surface area contributed by atoms with E-state index in [2.05, 4.69) is 0 Å². The van der Waals surface area contributed by atoms with Crippen molar-refractivity contribution in [2.75, 3.05) is 19.1 Å². The summed E-state index contributed by atoms with van der Waals surface area (Å²) in [6, 6.07) is 8.28. The summed E-state index contributed by atoms with van der Waals surface area (Å²) in [6.07, 6.45) is 2.72. The smallest absolute Gasteiger partial charge is 0.350 e. The van der Waals surface area contributed by atoms with Crippen molar-refractivity contribution in [3.8, 4) is 0 Å². The Morgan fingerprint density at radius 3 is 2.17 bits per heavy atom. The zero-order valence-electron chi connectivity index (χ0n) is 10.6. The first-order valence-corrected chi connectivity index (χ1v) is 7.83. The molecule has 1 rings (SSSR count). The first kappa shape index (κ1) is 14.4. The van der Waals surface area contributed by atoms with Crippen molar-refractivity contribution < 1.29 is 18.5 Å². The van der Waals surface area contributed by atoms with Gasteiger partial charge in [0, 0.05) is 18.1 Å². The lowest BCUT2D eigenvalue weighted by molar-refractivity contribution is -0.134. The van der Waals surface area contributed by atoms with Gasteiger partial charge in [0.1, 0.15) is 0 Å². The van der Waals surface area contributed by atoms with E-state index in [4.69, 9.17) is 4.74 Å². The van der Waals surface area contributed by atoms with E-state index < -0.39 is 21.3 Å². The minimum atomic E-state index is -2.69. The quantitative estimate of drug-likeness (QED) is 0.356. The number of hydrogen-bond acceptors (Lipinski definition) is 4. The lowest BCUT2D eigenvalue weighted by Crippen LogP contribution is -2.32. The number of ketones is 1. The topological polar surface area (TPSA) is 60.4 Å². The molecule has 5 heteroatoms. The normalized spacial score (nSPS) is 10.8. The fourth-order valence-corrected chi connectivity index (χ4v) is 2.46. The van der Waals surface area contributed by atoms with E-state index in [1.807, 2.05) is 0 Å². The van der Waals surface area contributed by atoms with E-state index in [1.54, 1.807) is 37.3 Å². The molecule has 0 aliphatic heterocycles. The molecule has 0 atom stereocenters. The van der Waals surface area contributed by atoms with Crippen LogP contribution in [0.1, 0.15) is 17.3 Å². The third-order valence-electron chi connectivity index (χ3n) is 2.19. The highest BCUT2D eigenvalue weighted by Gasteiger charge is 2.25. The molecule has 0 aliphatic carbocycles. The molecule has 0 amide bonds. The summed E-state index contributed by atoms with van der Waals surface area (Å²) in [5.74, 6) is -1.34. The van der Waals surface area contributed by atoms with Crippen LogP contribution < -0.4 is 0 Å². The maximum absolute atomic E-state index is 12.2. The van der Waals surface area contributed by atoms with Crippen molar-refractivity contribution in [2.24, 2.45) is 0 Å². The van der Waals surface area contributed by atoms with E-state index in [0.717, 1.165) is 0 Å². The molecule has 98 valence electrons. The average Bonchev–Trinajstić information content (AvgIpc) is 2.28. The van der Waals surface area contributed by atoms with Crippen LogP contribution in [0.25, 0.3) is 0 Å². The van der Waals surface area contributed by atoms with E-state index in [1.165, 1.54) is 12.5 Å². The maximum atomic E-state index is 12.2. The molecule has 0 N–H and O–H groups in total. The highest BCUT2D eigenvalue weighted by molar-refractivity contribution is 8.03. The molecule has 1 aromatic carbocycles. The minimum Gasteiger partial charge on any atom is -0.462 e. The SMILES string of the molecule is CCOC(=O)C(C(=O)c1ccccc1)=S(C)(C)=O. The summed E-state index contributed by atoms with van der Waals surface area (Å²) in [5.41, 5.74) is 0.331. The van der Waals surface area contributed by atoms with Gasteiger partial charge in [0.25, 0.3) is 0 Å². The molecule has 1 aromatic rings. The zero-order chi connectivity index (χ0) is 13.8. The lowest BCUT2D eigenvalue weighted by atomic mass is 10.1. The Morgan fingerprint density at radius 1 is 1.17 bits per heavy atom. The predicted molar refractivity (Wildman–Crippen MR) is 72.4 cm³/mol. The van der Waals surface area contributed by atoms with Crippen LogP contribution in [-0.2, 0) is 19.1 Å². The number of rotatable bonds is 4. The Kier molecular flexibility index (Phi) is 4.67. The Morgan fingerprint density at radius 2 is 1.72 bits per heavy atom. The predicted octanol–water partition coefficient (Wildman–Crippen LogP) is 1.15. The summed E-state index contributed by atoms with van der Waals surface area (Å²) in [4.78, 5) is 23.7. The second-order valence-electron chi connectivity index (χ2n) is 3.98. The van der Waals surface area contributed by atoms with Gasteiger partial charge in [-0.1, -0.05) is 30.3 Å². The van der Waals surface area contributed by atoms with Gasteiger partial charge in [-0.05, 0) is 16.4 Å². The lowest BCUT2D eigenvalue weighted by Gasteiger charge is -2.09. The van der Waals surface area contributed by atoms with Gasteiger partial charge < -0.3 is 4.74 Å². The van der Waals surface area contributed by atoms with Gasteiger partial charge in [0.15, 0.2) is 4.86 Å². The summed E-state index contributed by atoms with van der Waals surface area (Å²) in [6.45, 7) is 1.77. The molecule has 0 bridgehead atoms. The van der Waals surface area contributed by atoms with E-state index in [-0.39, 0.29) is 11.5 Å². The highest BCUT2D eigenvalue weighted by Crippen LogP contribution is 2.05. The van der Waals surface area contributed by atoms with Crippen molar-refractivity contribution >= 4 is 26.1 Å². The van der Waals surface area contributed by atoms with Gasteiger partial charge in [-0.25, -0.2) is 4.79 Å². The second kappa shape index (κ2) is 5.82. The third-order valence-corrected chi connectivity index (χ3v) is 3.53. The zero-order valence-corrected chi connectivity index (χ0v) is 11.5. The van der Waals surface area contributed by atoms with Crippen molar-refractivity contribution in [3.05, 3.63) is 35.9 Å². The summed E-state index contributed by atoms with van der Waals surface area (Å²) < 4.78 is 16.9. The Balaban J connectivity index is 3.29. The first-order chi connectivity index (χ1) is 8.38. The van der Waals surface area contributed by atoms with Crippen molar-refractivity contribution in [2.45, 2.75) is 6.92 Å². The molecule has 0 heterocycles. The molecular weight excluding hydrogens is 252 g/mol. The van der Waals surface area contributed by atoms with Gasteiger partial charge in [0.2, 0.25) is 5.78 Å². The Bertz CT molecular complexity index is 558. The fourth-order valence-electron chi connectivity index (χ4n) is 1.43. The first-order valence-electron chi connectivity index (χ1n) is 5.46. The minimum absolute atomic E-state index is 0.139. The number of carbonyl (C=O) groups excluding carboxylic acids is 2. The van der Waals surface area contributed by atoms with Crippen molar-refractivity contribution in [1.29, 1.82) is 0 Å². The van der Waals surface area contributed by atoms with Crippen LogP contribution in [0.2, 0.25) is 0 Å². The molecule has 0 unspecified atom stereocenters. The molecule has 0 fully saturated rings. The Labute approximate surface area is 107 Å². The molecule has 0 radical (unpaired) electrons.